The van der Waals surface area contributed by atoms with E-state index in [-0.39, 0.29) is 11.3 Å². The molecule has 3 aromatic rings. The third kappa shape index (κ3) is 3.32. The summed E-state index contributed by atoms with van der Waals surface area (Å²) in [5, 5.41) is 0.994. The van der Waals surface area contributed by atoms with Gasteiger partial charge in [0.1, 0.15) is 5.56 Å². The van der Waals surface area contributed by atoms with Crippen LogP contribution in [0.25, 0.3) is 10.9 Å². The summed E-state index contributed by atoms with van der Waals surface area (Å²) >= 11 is 5.87. The van der Waals surface area contributed by atoms with Gasteiger partial charge in [-0.15, -0.1) is 0 Å². The van der Waals surface area contributed by atoms with Gasteiger partial charge < -0.3 is 14.6 Å². The number of anilines is 1. The molecular formula is C19H15ClN2O4. The van der Waals surface area contributed by atoms with Crippen LogP contribution in [0.3, 0.4) is 0 Å². The zero-order chi connectivity index (χ0) is 18.8. The first-order valence-corrected chi connectivity index (χ1v) is 8.13. The highest BCUT2D eigenvalue weighted by Crippen LogP contribution is 2.28. The number of carbonyl (C=O) groups is 2. The Labute approximate surface area is 154 Å². The summed E-state index contributed by atoms with van der Waals surface area (Å²) in [5.41, 5.74) is 0.141. The number of ether oxygens (including phenoxy) is 1. The number of benzene rings is 2. The maximum Gasteiger partial charge on any atom is 0.308 e. The van der Waals surface area contributed by atoms with Gasteiger partial charge in [0.05, 0.1) is 5.52 Å². The molecule has 0 aliphatic carbocycles. The second-order valence-corrected chi connectivity index (χ2v) is 6.07. The number of nitrogens with one attached hydrogen (secondary N) is 1. The van der Waals surface area contributed by atoms with Crippen LogP contribution in [0.4, 0.5) is 5.69 Å². The summed E-state index contributed by atoms with van der Waals surface area (Å²) in [4.78, 5) is 41.0. The monoisotopic (exact) mass is 370 g/mol. The molecule has 0 fully saturated rings. The predicted octanol–water partition coefficient (Wildman–Crippen LogP) is 3.38. The van der Waals surface area contributed by atoms with E-state index in [2.05, 4.69) is 4.98 Å². The quantitative estimate of drug-likeness (QED) is 0.717. The van der Waals surface area contributed by atoms with E-state index < -0.39 is 17.4 Å². The third-order valence-corrected chi connectivity index (χ3v) is 4.10. The second-order valence-electron chi connectivity index (χ2n) is 5.64. The SMILES string of the molecule is CC(=O)Oc1c(C(=O)N(C)c2ccc(Cl)cc2)c(=O)[nH]c2ccccc12. The minimum atomic E-state index is -0.634. The van der Waals surface area contributed by atoms with E-state index in [9.17, 15) is 14.4 Å². The van der Waals surface area contributed by atoms with Crippen LogP contribution in [-0.4, -0.2) is 23.9 Å². The number of amides is 1. The van der Waals surface area contributed by atoms with Crippen molar-refractivity contribution in [3.8, 4) is 5.75 Å². The van der Waals surface area contributed by atoms with E-state index in [1.165, 1.54) is 18.9 Å². The normalized spacial score (nSPS) is 10.6. The van der Waals surface area contributed by atoms with Gasteiger partial charge in [-0.3, -0.25) is 14.4 Å². The highest BCUT2D eigenvalue weighted by atomic mass is 35.5. The summed E-state index contributed by atoms with van der Waals surface area (Å²) in [6.07, 6.45) is 0. The van der Waals surface area contributed by atoms with Crippen LogP contribution in [0.15, 0.2) is 53.3 Å². The number of H-pyrrole nitrogens is 1. The number of nitrogens with zero attached hydrogens (tertiary/aromatic N) is 1. The maximum absolute atomic E-state index is 13.0. The van der Waals surface area contributed by atoms with Crippen LogP contribution in [-0.2, 0) is 4.79 Å². The van der Waals surface area contributed by atoms with Crippen LogP contribution in [0, 0.1) is 0 Å². The molecule has 1 heterocycles. The second kappa shape index (κ2) is 7.01. The van der Waals surface area contributed by atoms with Gasteiger partial charge in [-0.25, -0.2) is 0 Å². The van der Waals surface area contributed by atoms with Crippen molar-refractivity contribution < 1.29 is 14.3 Å². The van der Waals surface area contributed by atoms with Crippen LogP contribution in [0.1, 0.15) is 17.3 Å². The Bertz CT molecular complexity index is 1060. The predicted molar refractivity (Wildman–Crippen MR) is 100 cm³/mol. The van der Waals surface area contributed by atoms with Crippen molar-refractivity contribution in [3.05, 3.63) is 69.5 Å². The molecule has 0 radical (unpaired) electrons. The van der Waals surface area contributed by atoms with Gasteiger partial charge >= 0.3 is 5.97 Å². The first-order valence-electron chi connectivity index (χ1n) is 7.75. The largest absolute Gasteiger partial charge is 0.425 e. The number of pyridine rings is 1. The molecule has 26 heavy (non-hydrogen) atoms. The first-order chi connectivity index (χ1) is 12.4. The van der Waals surface area contributed by atoms with E-state index in [0.717, 1.165) is 0 Å². The summed E-state index contributed by atoms with van der Waals surface area (Å²) < 4.78 is 5.24. The average Bonchev–Trinajstić information content (AvgIpc) is 2.61. The van der Waals surface area contributed by atoms with Gasteiger partial charge in [0.2, 0.25) is 0 Å². The summed E-state index contributed by atoms with van der Waals surface area (Å²) in [7, 11) is 1.53. The topological polar surface area (TPSA) is 79.5 Å². The first kappa shape index (κ1) is 17.7. The van der Waals surface area contributed by atoms with Crippen molar-refractivity contribution in [1.82, 2.24) is 4.98 Å². The van der Waals surface area contributed by atoms with Gasteiger partial charge in [-0.1, -0.05) is 23.7 Å². The number of halogens is 1. The Hall–Kier alpha value is -3.12. The van der Waals surface area contributed by atoms with Crippen molar-refractivity contribution in [2.24, 2.45) is 0 Å². The molecule has 0 saturated carbocycles. The van der Waals surface area contributed by atoms with Crippen molar-refractivity contribution in [1.29, 1.82) is 0 Å². The lowest BCUT2D eigenvalue weighted by atomic mass is 10.1. The Morgan fingerprint density at radius 2 is 1.73 bits per heavy atom. The molecule has 0 aliphatic heterocycles. The molecule has 0 unspecified atom stereocenters. The minimum absolute atomic E-state index is 0.0531. The Balaban J connectivity index is 2.18. The lowest BCUT2D eigenvalue weighted by Crippen LogP contribution is -2.32. The number of hydrogen-bond donors (Lipinski definition) is 1. The molecule has 6 nitrogen and oxygen atoms in total. The van der Waals surface area contributed by atoms with Crippen LogP contribution >= 0.6 is 11.6 Å². The Morgan fingerprint density at radius 3 is 2.38 bits per heavy atom. The number of para-hydroxylation sites is 1. The number of rotatable bonds is 3. The number of aromatic nitrogens is 1. The van der Waals surface area contributed by atoms with Crippen LogP contribution < -0.4 is 15.2 Å². The number of esters is 1. The Morgan fingerprint density at radius 1 is 1.08 bits per heavy atom. The van der Waals surface area contributed by atoms with Gasteiger partial charge in [-0.05, 0) is 36.4 Å². The lowest BCUT2D eigenvalue weighted by molar-refractivity contribution is -0.131. The zero-order valence-electron chi connectivity index (χ0n) is 14.1. The number of carbonyl (C=O) groups excluding carboxylic acids is 2. The molecule has 0 spiro atoms. The molecule has 2 aromatic carbocycles. The molecule has 0 atom stereocenters. The highest BCUT2D eigenvalue weighted by molar-refractivity contribution is 6.30. The number of fused-ring (bicyclic) bond motifs is 1. The molecular weight excluding hydrogens is 356 g/mol. The lowest BCUT2D eigenvalue weighted by Gasteiger charge is -2.19. The molecule has 1 amide bonds. The van der Waals surface area contributed by atoms with E-state index >= 15 is 0 Å². The maximum atomic E-state index is 13.0. The van der Waals surface area contributed by atoms with Gasteiger partial charge in [0.25, 0.3) is 11.5 Å². The smallest absolute Gasteiger partial charge is 0.308 e. The fraction of sp³-hybridized carbons (Fsp3) is 0.105. The molecule has 1 N–H and O–H groups in total. The fourth-order valence-corrected chi connectivity index (χ4v) is 2.73. The highest BCUT2D eigenvalue weighted by Gasteiger charge is 2.25. The van der Waals surface area contributed by atoms with Gasteiger partial charge in [0, 0.05) is 30.1 Å². The number of aromatic amines is 1. The zero-order valence-corrected chi connectivity index (χ0v) is 14.8. The summed E-state index contributed by atoms with van der Waals surface area (Å²) in [6, 6.07) is 13.4. The molecule has 3 rings (SSSR count). The third-order valence-electron chi connectivity index (χ3n) is 3.85. The van der Waals surface area contributed by atoms with E-state index in [0.29, 0.717) is 21.6 Å². The van der Waals surface area contributed by atoms with Crippen molar-refractivity contribution in [3.63, 3.8) is 0 Å². The molecule has 7 heteroatoms. The molecule has 0 aliphatic rings. The van der Waals surface area contributed by atoms with Crippen molar-refractivity contribution >= 4 is 40.1 Å². The Kier molecular flexibility index (Phi) is 4.77. The van der Waals surface area contributed by atoms with Crippen molar-refractivity contribution in [2.45, 2.75) is 6.92 Å². The van der Waals surface area contributed by atoms with E-state index in [4.69, 9.17) is 16.3 Å². The average molecular weight is 371 g/mol. The molecule has 1 aromatic heterocycles. The van der Waals surface area contributed by atoms with Crippen LogP contribution in [0.2, 0.25) is 5.02 Å². The summed E-state index contributed by atoms with van der Waals surface area (Å²) in [5.74, 6) is -1.28. The van der Waals surface area contributed by atoms with Crippen LogP contribution in [0.5, 0.6) is 5.75 Å². The van der Waals surface area contributed by atoms with Gasteiger partial charge in [-0.2, -0.15) is 0 Å². The van der Waals surface area contributed by atoms with Crippen molar-refractivity contribution in [2.75, 3.05) is 11.9 Å². The fourth-order valence-electron chi connectivity index (χ4n) is 2.61. The van der Waals surface area contributed by atoms with E-state index in [1.807, 2.05) is 0 Å². The molecule has 0 saturated heterocycles. The molecule has 0 bridgehead atoms. The minimum Gasteiger partial charge on any atom is -0.425 e. The van der Waals surface area contributed by atoms with E-state index in [1.54, 1.807) is 48.5 Å². The summed E-state index contributed by atoms with van der Waals surface area (Å²) in [6.45, 7) is 1.22. The van der Waals surface area contributed by atoms with Gasteiger partial charge in [0.15, 0.2) is 5.75 Å². The number of hydrogen-bond acceptors (Lipinski definition) is 4. The molecule has 132 valence electrons. The standard InChI is InChI=1S/C19H15ClN2O4/c1-11(23)26-17-14-5-3-4-6-15(14)21-18(24)16(17)19(25)22(2)13-9-7-12(20)8-10-13/h3-10H,1-2H3,(H,21,24).